The number of methoxy groups -OCH3 is 1. The molecule has 0 N–H and O–H groups in total. The topological polar surface area (TPSA) is 87.5 Å². The number of rotatable bonds is 10. The van der Waals surface area contributed by atoms with E-state index in [2.05, 4.69) is 4.98 Å². The summed E-state index contributed by atoms with van der Waals surface area (Å²) in [6, 6.07) is 18.3. The maximum absolute atomic E-state index is 12.4. The van der Waals surface area contributed by atoms with Crippen molar-refractivity contribution in [2.45, 2.75) is 20.0 Å². The fourth-order valence-corrected chi connectivity index (χ4v) is 3.74. The lowest BCUT2D eigenvalue weighted by atomic mass is 10.1. The predicted molar refractivity (Wildman–Crippen MR) is 143 cm³/mol. The highest BCUT2D eigenvalue weighted by molar-refractivity contribution is 6.11. The van der Waals surface area contributed by atoms with E-state index in [1.165, 1.54) is 26.2 Å². The summed E-state index contributed by atoms with van der Waals surface area (Å²) in [7, 11) is 1.54. The Bertz CT molecular complexity index is 1500. The first-order valence-corrected chi connectivity index (χ1v) is 11.7. The van der Waals surface area contributed by atoms with Gasteiger partial charge in [-0.2, -0.15) is 0 Å². The number of nitrogens with zero attached hydrogens (tertiary/aromatic N) is 2. The molecular weight excluding hydrogens is 468 g/mol. The van der Waals surface area contributed by atoms with Crippen LogP contribution in [0.1, 0.15) is 35.0 Å². The number of ether oxygens (including phenoxy) is 2. The minimum atomic E-state index is -0.326. The van der Waals surface area contributed by atoms with Crippen LogP contribution in [0.5, 0.6) is 11.5 Å². The van der Waals surface area contributed by atoms with Crippen LogP contribution in [0.3, 0.4) is 0 Å². The predicted octanol–water partition coefficient (Wildman–Crippen LogP) is 5.54. The number of hydrogen-bond acceptors (Lipinski definition) is 6. The largest absolute Gasteiger partial charge is 0.496 e. The van der Waals surface area contributed by atoms with Crippen molar-refractivity contribution < 1.29 is 23.9 Å². The first-order valence-electron chi connectivity index (χ1n) is 11.7. The summed E-state index contributed by atoms with van der Waals surface area (Å²) in [4.78, 5) is 40.7. The second-order valence-corrected chi connectivity index (χ2v) is 8.31. The Labute approximate surface area is 214 Å². The molecule has 0 spiro atoms. The molecule has 0 atom stereocenters. The number of fused-ring (bicyclic) bond motifs is 1. The number of carbonyl (C=O) groups is 3. The molecule has 4 aromatic rings. The smallest absolute Gasteiger partial charge is 0.227 e. The second kappa shape index (κ2) is 11.8. The number of hydrogen-bond donors (Lipinski definition) is 0. The second-order valence-electron chi connectivity index (χ2n) is 8.31. The van der Waals surface area contributed by atoms with Crippen LogP contribution in [0, 0.1) is 0 Å². The minimum absolute atomic E-state index is 0.0899. The molecule has 0 bridgehead atoms. The third-order valence-corrected chi connectivity index (χ3v) is 5.63. The van der Waals surface area contributed by atoms with Crippen molar-refractivity contribution in [3.05, 3.63) is 102 Å². The van der Waals surface area contributed by atoms with Crippen LogP contribution in [0.25, 0.3) is 23.1 Å². The molecule has 0 radical (unpaired) electrons. The van der Waals surface area contributed by atoms with Gasteiger partial charge in [0.2, 0.25) is 5.91 Å². The summed E-state index contributed by atoms with van der Waals surface area (Å²) >= 11 is 0. The van der Waals surface area contributed by atoms with Gasteiger partial charge in [0.1, 0.15) is 18.1 Å². The average Bonchev–Trinajstić information content (AvgIpc) is 3.34. The van der Waals surface area contributed by atoms with Crippen molar-refractivity contribution in [3.63, 3.8) is 0 Å². The fraction of sp³-hybridized carbons (Fsp3) is 0.133. The molecule has 4 rings (SSSR count). The molecule has 0 aliphatic heterocycles. The van der Waals surface area contributed by atoms with E-state index in [1.807, 2.05) is 42.5 Å². The highest BCUT2D eigenvalue weighted by Gasteiger charge is 2.08. The van der Waals surface area contributed by atoms with Gasteiger partial charge in [-0.05, 0) is 60.2 Å². The lowest BCUT2D eigenvalue weighted by molar-refractivity contribution is -0.121. The first-order chi connectivity index (χ1) is 17.9. The molecule has 2 heterocycles. The summed E-state index contributed by atoms with van der Waals surface area (Å²) in [5.74, 6) is 0.419. The van der Waals surface area contributed by atoms with Gasteiger partial charge < -0.3 is 9.47 Å². The Kier molecular flexibility index (Phi) is 8.05. The van der Waals surface area contributed by atoms with Crippen molar-refractivity contribution in [1.29, 1.82) is 0 Å². The van der Waals surface area contributed by atoms with E-state index in [1.54, 1.807) is 47.3 Å². The van der Waals surface area contributed by atoms with Crippen LogP contribution in [0.4, 0.5) is 0 Å². The van der Waals surface area contributed by atoms with Crippen LogP contribution in [-0.4, -0.2) is 34.1 Å². The number of pyridine rings is 1. The fourth-order valence-electron chi connectivity index (χ4n) is 3.74. The van der Waals surface area contributed by atoms with E-state index in [4.69, 9.17) is 9.47 Å². The minimum Gasteiger partial charge on any atom is -0.496 e. The lowest BCUT2D eigenvalue weighted by Gasteiger charge is -2.09. The Morgan fingerprint density at radius 1 is 0.946 bits per heavy atom. The van der Waals surface area contributed by atoms with Gasteiger partial charge in [0.15, 0.2) is 11.6 Å². The molecular formula is C30H26N2O5. The molecule has 0 saturated carbocycles. The molecule has 7 heteroatoms. The summed E-state index contributed by atoms with van der Waals surface area (Å²) in [5.41, 5.74) is 3.02. The number of benzene rings is 2. The molecule has 37 heavy (non-hydrogen) atoms. The molecule has 7 nitrogen and oxygen atoms in total. The zero-order valence-corrected chi connectivity index (χ0v) is 20.6. The molecule has 2 aromatic heterocycles. The highest BCUT2D eigenvalue weighted by Crippen LogP contribution is 2.26. The van der Waals surface area contributed by atoms with Gasteiger partial charge in [-0.3, -0.25) is 23.9 Å². The third-order valence-electron chi connectivity index (χ3n) is 5.63. The molecule has 0 amide bonds. The zero-order chi connectivity index (χ0) is 26.2. The SMILES string of the molecule is COc1cc(OCc2ccccn2)ccc1/C=C/C(=O)CC(=O)/C=C/c1ccc2ccn(C(C)=O)c2c1. The molecule has 0 aliphatic rings. The highest BCUT2D eigenvalue weighted by atomic mass is 16.5. The van der Waals surface area contributed by atoms with Gasteiger partial charge in [0.25, 0.3) is 0 Å². The van der Waals surface area contributed by atoms with Gasteiger partial charge in [-0.15, -0.1) is 0 Å². The maximum atomic E-state index is 12.4. The van der Waals surface area contributed by atoms with E-state index in [0.717, 1.165) is 22.2 Å². The number of aromatic nitrogens is 2. The van der Waals surface area contributed by atoms with Crippen LogP contribution < -0.4 is 9.47 Å². The number of carbonyl (C=O) groups excluding carboxylic acids is 3. The standard InChI is InChI=1S/C30H26N2O5/c1-21(33)32-16-14-23-8-6-22(17-29(23)32)7-11-26(34)18-27(35)12-9-24-10-13-28(19-30(24)36-2)37-20-25-5-3-4-15-31-25/h3-17,19H,18,20H2,1-2H3/b11-7+,12-9+. The molecule has 0 aliphatic carbocycles. The van der Waals surface area contributed by atoms with Crippen LogP contribution in [0.15, 0.2) is 85.2 Å². The van der Waals surface area contributed by atoms with Crippen molar-refractivity contribution in [2.75, 3.05) is 7.11 Å². The Morgan fingerprint density at radius 3 is 2.49 bits per heavy atom. The number of ketones is 2. The van der Waals surface area contributed by atoms with Gasteiger partial charge in [0.05, 0.1) is 24.7 Å². The van der Waals surface area contributed by atoms with Crippen molar-refractivity contribution >= 4 is 40.5 Å². The van der Waals surface area contributed by atoms with Crippen LogP contribution in [0.2, 0.25) is 0 Å². The summed E-state index contributed by atoms with van der Waals surface area (Å²) in [6.45, 7) is 1.82. The molecule has 0 unspecified atom stereocenters. The monoisotopic (exact) mass is 494 g/mol. The van der Waals surface area contributed by atoms with Gasteiger partial charge in [0, 0.05) is 36.3 Å². The van der Waals surface area contributed by atoms with Crippen LogP contribution >= 0.6 is 0 Å². The Morgan fingerprint density at radius 2 is 1.76 bits per heavy atom. The van der Waals surface area contributed by atoms with E-state index in [0.29, 0.717) is 23.7 Å². The molecule has 186 valence electrons. The van der Waals surface area contributed by atoms with Crippen LogP contribution in [-0.2, 0) is 16.2 Å². The number of allylic oxidation sites excluding steroid dienone is 2. The summed E-state index contributed by atoms with van der Waals surface area (Å²) in [5, 5.41) is 0.933. The first kappa shape index (κ1) is 25.3. The quantitative estimate of drug-likeness (QED) is 0.213. The summed E-state index contributed by atoms with van der Waals surface area (Å²) < 4.78 is 12.7. The van der Waals surface area contributed by atoms with Gasteiger partial charge >= 0.3 is 0 Å². The average molecular weight is 495 g/mol. The molecule has 0 saturated heterocycles. The normalized spacial score (nSPS) is 11.3. The third kappa shape index (κ3) is 6.67. The van der Waals surface area contributed by atoms with Gasteiger partial charge in [-0.25, -0.2) is 0 Å². The summed E-state index contributed by atoms with van der Waals surface area (Å²) in [6.07, 6.45) is 9.17. The Hall–Kier alpha value is -4.78. The maximum Gasteiger partial charge on any atom is 0.227 e. The lowest BCUT2D eigenvalue weighted by Crippen LogP contribution is -2.03. The molecule has 2 aromatic carbocycles. The van der Waals surface area contributed by atoms with E-state index in [-0.39, 0.29) is 23.9 Å². The molecule has 0 fully saturated rings. The van der Waals surface area contributed by atoms with Crippen molar-refractivity contribution in [1.82, 2.24) is 9.55 Å². The zero-order valence-electron chi connectivity index (χ0n) is 20.6. The van der Waals surface area contributed by atoms with E-state index < -0.39 is 0 Å². The van der Waals surface area contributed by atoms with Gasteiger partial charge in [-0.1, -0.05) is 24.3 Å². The van der Waals surface area contributed by atoms with E-state index in [9.17, 15) is 14.4 Å². The Balaban J connectivity index is 1.35. The van der Waals surface area contributed by atoms with Crippen molar-refractivity contribution in [3.8, 4) is 11.5 Å². The van der Waals surface area contributed by atoms with E-state index >= 15 is 0 Å². The van der Waals surface area contributed by atoms with Crippen molar-refractivity contribution in [2.24, 2.45) is 0 Å².